The molecule has 0 radical (unpaired) electrons. The number of methoxy groups -OCH3 is 1. The molecule has 1 rings (SSSR count). The van der Waals surface area contributed by atoms with Gasteiger partial charge >= 0.3 is 6.16 Å². The molecule has 0 bridgehead atoms. The van der Waals surface area contributed by atoms with Gasteiger partial charge in [-0.2, -0.15) is 0 Å². The van der Waals surface area contributed by atoms with Gasteiger partial charge in [0.15, 0.2) is 0 Å². The summed E-state index contributed by atoms with van der Waals surface area (Å²) in [6, 6.07) is 0. The van der Waals surface area contributed by atoms with E-state index in [1.165, 1.54) is 26.4 Å². The molecular formula is C8H14O3. The zero-order chi connectivity index (χ0) is 8.10. The maximum absolute atomic E-state index is 10.5. The Morgan fingerprint density at radius 2 is 2.27 bits per heavy atom. The molecule has 3 heteroatoms. The maximum Gasteiger partial charge on any atom is 0.507 e. The van der Waals surface area contributed by atoms with Crippen molar-refractivity contribution < 1.29 is 14.3 Å². The van der Waals surface area contributed by atoms with Crippen molar-refractivity contribution in [2.75, 3.05) is 13.7 Å². The number of rotatable bonds is 3. The zero-order valence-electron chi connectivity index (χ0n) is 6.84. The van der Waals surface area contributed by atoms with Gasteiger partial charge < -0.3 is 9.47 Å². The van der Waals surface area contributed by atoms with Crippen molar-refractivity contribution in [1.29, 1.82) is 0 Å². The molecule has 0 amide bonds. The molecule has 0 atom stereocenters. The largest absolute Gasteiger partial charge is 0.507 e. The van der Waals surface area contributed by atoms with E-state index in [-0.39, 0.29) is 0 Å². The molecule has 1 saturated carbocycles. The number of carbonyl (C=O) groups is 1. The second kappa shape index (κ2) is 4.21. The zero-order valence-corrected chi connectivity index (χ0v) is 6.84. The minimum Gasteiger partial charge on any atom is -0.438 e. The van der Waals surface area contributed by atoms with Gasteiger partial charge in [-0.15, -0.1) is 0 Å². The smallest absolute Gasteiger partial charge is 0.438 e. The lowest BCUT2D eigenvalue weighted by molar-refractivity contribution is 0.0643. The van der Waals surface area contributed by atoms with Crippen molar-refractivity contribution in [3.05, 3.63) is 0 Å². The first-order valence-corrected chi connectivity index (χ1v) is 4.03. The number of hydrogen-bond donors (Lipinski definition) is 0. The summed E-state index contributed by atoms with van der Waals surface area (Å²) >= 11 is 0. The van der Waals surface area contributed by atoms with Crippen molar-refractivity contribution in [2.24, 2.45) is 5.92 Å². The molecular weight excluding hydrogens is 144 g/mol. The third kappa shape index (κ3) is 2.78. The Morgan fingerprint density at radius 1 is 1.55 bits per heavy atom. The van der Waals surface area contributed by atoms with E-state index in [0.29, 0.717) is 6.61 Å². The van der Waals surface area contributed by atoms with E-state index < -0.39 is 6.16 Å². The van der Waals surface area contributed by atoms with E-state index in [1.54, 1.807) is 0 Å². The van der Waals surface area contributed by atoms with Crippen molar-refractivity contribution >= 4 is 6.16 Å². The van der Waals surface area contributed by atoms with Crippen LogP contribution in [-0.4, -0.2) is 19.9 Å². The molecule has 11 heavy (non-hydrogen) atoms. The lowest BCUT2D eigenvalue weighted by atomic mass is 9.83. The molecule has 1 aliphatic carbocycles. The summed E-state index contributed by atoms with van der Waals surface area (Å²) < 4.78 is 9.06. The van der Waals surface area contributed by atoms with Gasteiger partial charge in [0.25, 0.3) is 0 Å². The first-order valence-electron chi connectivity index (χ1n) is 4.03. The van der Waals surface area contributed by atoms with Gasteiger partial charge in [0.2, 0.25) is 0 Å². The third-order valence-corrected chi connectivity index (χ3v) is 2.14. The SMILES string of the molecule is COC(=O)OCCC1CCC1. The normalized spacial score (nSPS) is 17.2. The van der Waals surface area contributed by atoms with Gasteiger partial charge in [0.1, 0.15) is 0 Å². The van der Waals surface area contributed by atoms with Crippen LogP contribution in [0.15, 0.2) is 0 Å². The molecule has 1 fully saturated rings. The van der Waals surface area contributed by atoms with Crippen molar-refractivity contribution in [3.8, 4) is 0 Å². The van der Waals surface area contributed by atoms with Crippen LogP contribution in [0.4, 0.5) is 4.79 Å². The van der Waals surface area contributed by atoms with Crippen LogP contribution in [0, 0.1) is 5.92 Å². The summed E-state index contributed by atoms with van der Waals surface area (Å²) in [4.78, 5) is 10.5. The highest BCUT2D eigenvalue weighted by Crippen LogP contribution is 2.29. The molecule has 0 N–H and O–H groups in total. The fourth-order valence-electron chi connectivity index (χ4n) is 1.15. The lowest BCUT2D eigenvalue weighted by Gasteiger charge is -2.24. The second-order valence-corrected chi connectivity index (χ2v) is 2.89. The van der Waals surface area contributed by atoms with Crippen LogP contribution in [0.3, 0.4) is 0 Å². The third-order valence-electron chi connectivity index (χ3n) is 2.14. The monoisotopic (exact) mass is 158 g/mol. The Bertz CT molecular complexity index is 129. The molecule has 1 aliphatic rings. The van der Waals surface area contributed by atoms with E-state index in [0.717, 1.165) is 12.3 Å². The van der Waals surface area contributed by atoms with Crippen molar-refractivity contribution in [1.82, 2.24) is 0 Å². The van der Waals surface area contributed by atoms with E-state index in [9.17, 15) is 4.79 Å². The highest BCUT2D eigenvalue weighted by molar-refractivity contribution is 5.59. The average molecular weight is 158 g/mol. The van der Waals surface area contributed by atoms with Gasteiger partial charge in [0, 0.05) is 0 Å². The molecule has 0 aromatic carbocycles. The Labute approximate surface area is 66.7 Å². The molecule has 0 aromatic rings. The molecule has 0 unspecified atom stereocenters. The number of ether oxygens (including phenoxy) is 2. The van der Waals surface area contributed by atoms with Gasteiger partial charge in [0.05, 0.1) is 13.7 Å². The number of hydrogen-bond acceptors (Lipinski definition) is 3. The number of carbonyl (C=O) groups excluding carboxylic acids is 1. The minimum atomic E-state index is -0.565. The van der Waals surface area contributed by atoms with E-state index in [4.69, 9.17) is 4.74 Å². The summed E-state index contributed by atoms with van der Waals surface area (Å²) in [6.45, 7) is 0.511. The molecule has 64 valence electrons. The van der Waals surface area contributed by atoms with Crippen LogP contribution < -0.4 is 0 Å². The molecule has 0 aromatic heterocycles. The van der Waals surface area contributed by atoms with Crippen LogP contribution in [0.1, 0.15) is 25.7 Å². The van der Waals surface area contributed by atoms with Gasteiger partial charge in [-0.1, -0.05) is 19.3 Å². The average Bonchev–Trinajstić information content (AvgIpc) is 1.94. The topological polar surface area (TPSA) is 35.5 Å². The van der Waals surface area contributed by atoms with Crippen molar-refractivity contribution in [2.45, 2.75) is 25.7 Å². The fourth-order valence-corrected chi connectivity index (χ4v) is 1.15. The van der Waals surface area contributed by atoms with Gasteiger partial charge in [-0.25, -0.2) is 4.79 Å². The quantitative estimate of drug-likeness (QED) is 0.589. The predicted molar refractivity (Wildman–Crippen MR) is 40.3 cm³/mol. The highest BCUT2D eigenvalue weighted by atomic mass is 16.7. The Morgan fingerprint density at radius 3 is 2.73 bits per heavy atom. The van der Waals surface area contributed by atoms with Crippen LogP contribution >= 0.6 is 0 Å². The second-order valence-electron chi connectivity index (χ2n) is 2.89. The maximum atomic E-state index is 10.5. The molecule has 0 saturated heterocycles. The first-order chi connectivity index (χ1) is 5.33. The van der Waals surface area contributed by atoms with Gasteiger partial charge in [-0.3, -0.25) is 0 Å². The van der Waals surface area contributed by atoms with E-state index in [2.05, 4.69) is 4.74 Å². The summed E-state index contributed by atoms with van der Waals surface area (Å²) in [5.41, 5.74) is 0. The fraction of sp³-hybridized carbons (Fsp3) is 0.875. The summed E-state index contributed by atoms with van der Waals surface area (Å²) in [5, 5.41) is 0. The highest BCUT2D eigenvalue weighted by Gasteiger charge is 2.17. The molecule has 3 nitrogen and oxygen atoms in total. The van der Waals surface area contributed by atoms with E-state index in [1.807, 2.05) is 0 Å². The Hall–Kier alpha value is -0.730. The molecule has 0 aliphatic heterocycles. The first kappa shape index (κ1) is 8.37. The summed E-state index contributed by atoms with van der Waals surface area (Å²) in [6.07, 6.45) is 4.36. The molecule has 0 spiro atoms. The van der Waals surface area contributed by atoms with Crippen molar-refractivity contribution in [3.63, 3.8) is 0 Å². The summed E-state index contributed by atoms with van der Waals surface area (Å²) in [7, 11) is 1.33. The standard InChI is InChI=1S/C8H14O3/c1-10-8(9)11-6-5-7-3-2-4-7/h7H,2-6H2,1H3. The van der Waals surface area contributed by atoms with Gasteiger partial charge in [-0.05, 0) is 12.3 Å². The van der Waals surface area contributed by atoms with Crippen LogP contribution in [-0.2, 0) is 9.47 Å². The van der Waals surface area contributed by atoms with Crippen LogP contribution in [0.2, 0.25) is 0 Å². The Balaban J connectivity index is 1.90. The summed E-state index contributed by atoms with van der Waals surface area (Å²) in [5.74, 6) is 0.791. The Kier molecular flexibility index (Phi) is 3.20. The van der Waals surface area contributed by atoms with Crippen LogP contribution in [0.5, 0.6) is 0 Å². The van der Waals surface area contributed by atoms with Crippen LogP contribution in [0.25, 0.3) is 0 Å². The minimum absolute atomic E-state index is 0.511. The lowest BCUT2D eigenvalue weighted by Crippen LogP contribution is -2.15. The molecule has 0 heterocycles. The predicted octanol–water partition coefficient (Wildman–Crippen LogP) is 1.96. The van der Waals surface area contributed by atoms with E-state index >= 15 is 0 Å².